The Kier molecular flexibility index (Phi) is 6.74. The van der Waals surface area contributed by atoms with Crippen LogP contribution < -0.4 is 19.2 Å². The van der Waals surface area contributed by atoms with Crippen molar-refractivity contribution in [1.82, 2.24) is 5.43 Å². The molecule has 160 valence electrons. The van der Waals surface area contributed by atoms with Gasteiger partial charge in [0.25, 0.3) is 5.91 Å². The summed E-state index contributed by atoms with van der Waals surface area (Å²) >= 11 is 11.8. The summed E-state index contributed by atoms with van der Waals surface area (Å²) in [5, 5.41) is 4.51. The summed E-state index contributed by atoms with van der Waals surface area (Å²) < 4.78 is 36.3. The molecule has 3 rings (SSSR count). The molecule has 0 bridgehead atoms. The number of benzene rings is 2. The molecule has 11 heteroatoms. The molecule has 1 aliphatic heterocycles. The second kappa shape index (κ2) is 9.11. The monoisotopic (exact) mass is 471 g/mol. The molecule has 0 fully saturated rings. The second-order valence-electron chi connectivity index (χ2n) is 6.46. The van der Waals surface area contributed by atoms with Gasteiger partial charge in [-0.25, -0.2) is 13.8 Å². The summed E-state index contributed by atoms with van der Waals surface area (Å²) in [5.41, 5.74) is 3.83. The molecule has 1 heterocycles. The highest BCUT2D eigenvalue weighted by atomic mass is 35.5. The standard InChI is InChI=1S/C19H19Cl2N3O5S/c1-12(13-3-6-17-18(9-13)29-8-7-28-17)22-23-19(25)11-24(30(2,26)27)14-4-5-15(20)16(21)10-14/h3-6,9-10H,7-8,11H2,1-2H3,(H,23,25)/b22-12-. The lowest BCUT2D eigenvalue weighted by Gasteiger charge is -2.21. The Hall–Kier alpha value is -2.49. The smallest absolute Gasteiger partial charge is 0.260 e. The Labute approximate surface area is 184 Å². The van der Waals surface area contributed by atoms with Crippen LogP contribution in [0.4, 0.5) is 5.69 Å². The lowest BCUT2D eigenvalue weighted by atomic mass is 10.1. The van der Waals surface area contributed by atoms with E-state index in [1.54, 1.807) is 25.1 Å². The van der Waals surface area contributed by atoms with Crippen LogP contribution >= 0.6 is 23.2 Å². The first kappa shape index (κ1) is 22.2. The van der Waals surface area contributed by atoms with Crippen molar-refractivity contribution in [3.8, 4) is 11.5 Å². The summed E-state index contributed by atoms with van der Waals surface area (Å²) in [7, 11) is -3.75. The molecule has 1 N–H and O–H groups in total. The van der Waals surface area contributed by atoms with Gasteiger partial charge in [0.1, 0.15) is 19.8 Å². The number of hydrazone groups is 1. The Morgan fingerprint density at radius 3 is 2.47 bits per heavy atom. The van der Waals surface area contributed by atoms with Gasteiger partial charge < -0.3 is 9.47 Å². The van der Waals surface area contributed by atoms with Crippen LogP contribution in [0.25, 0.3) is 0 Å². The van der Waals surface area contributed by atoms with Gasteiger partial charge in [0, 0.05) is 5.56 Å². The Morgan fingerprint density at radius 2 is 1.80 bits per heavy atom. The fourth-order valence-electron chi connectivity index (χ4n) is 2.69. The van der Waals surface area contributed by atoms with E-state index in [0.29, 0.717) is 30.4 Å². The largest absolute Gasteiger partial charge is 0.486 e. The van der Waals surface area contributed by atoms with Crippen LogP contribution in [0.2, 0.25) is 10.0 Å². The van der Waals surface area contributed by atoms with Crippen molar-refractivity contribution >= 4 is 50.5 Å². The maximum absolute atomic E-state index is 12.4. The Morgan fingerprint density at radius 1 is 1.10 bits per heavy atom. The first-order chi connectivity index (χ1) is 14.1. The average Bonchev–Trinajstić information content (AvgIpc) is 2.71. The predicted molar refractivity (Wildman–Crippen MR) is 116 cm³/mol. The van der Waals surface area contributed by atoms with Gasteiger partial charge in [0.15, 0.2) is 11.5 Å². The van der Waals surface area contributed by atoms with Crippen LogP contribution in [-0.4, -0.2) is 46.1 Å². The molecule has 1 amide bonds. The number of anilines is 1. The molecule has 0 unspecified atom stereocenters. The quantitative estimate of drug-likeness (QED) is 0.515. The SMILES string of the molecule is C/C(=N/NC(=O)CN(c1ccc(Cl)c(Cl)c1)S(C)(=O)=O)c1ccc2c(c1)OCCO2. The van der Waals surface area contributed by atoms with Crippen LogP contribution in [0.1, 0.15) is 12.5 Å². The molecular weight excluding hydrogens is 453 g/mol. The zero-order chi connectivity index (χ0) is 21.9. The van der Waals surface area contributed by atoms with E-state index in [9.17, 15) is 13.2 Å². The number of ether oxygens (including phenoxy) is 2. The lowest BCUT2D eigenvalue weighted by Crippen LogP contribution is -2.39. The third kappa shape index (κ3) is 5.35. The van der Waals surface area contributed by atoms with Gasteiger partial charge in [0.05, 0.1) is 27.7 Å². The molecule has 2 aromatic carbocycles. The summed E-state index contributed by atoms with van der Waals surface area (Å²) in [6.45, 7) is 2.18. The van der Waals surface area contributed by atoms with E-state index in [1.165, 1.54) is 18.2 Å². The number of nitrogens with zero attached hydrogens (tertiary/aromatic N) is 2. The first-order valence-corrected chi connectivity index (χ1v) is 11.4. The normalized spacial score (nSPS) is 13.7. The van der Waals surface area contributed by atoms with E-state index in [1.807, 2.05) is 0 Å². The van der Waals surface area contributed by atoms with Gasteiger partial charge in [0.2, 0.25) is 10.0 Å². The predicted octanol–water partition coefficient (Wildman–Crippen LogP) is 3.07. The number of rotatable bonds is 6. The summed E-state index contributed by atoms with van der Waals surface area (Å²) in [6, 6.07) is 9.61. The third-order valence-electron chi connectivity index (χ3n) is 4.19. The molecule has 0 aliphatic carbocycles. The molecule has 0 aromatic heterocycles. The van der Waals surface area contributed by atoms with Crippen molar-refractivity contribution in [3.05, 3.63) is 52.0 Å². The molecule has 0 radical (unpaired) electrons. The molecule has 8 nitrogen and oxygen atoms in total. The third-order valence-corrected chi connectivity index (χ3v) is 6.07. The van der Waals surface area contributed by atoms with Crippen LogP contribution in [0.15, 0.2) is 41.5 Å². The van der Waals surface area contributed by atoms with E-state index in [0.717, 1.165) is 16.1 Å². The maximum Gasteiger partial charge on any atom is 0.260 e. The van der Waals surface area contributed by atoms with Gasteiger partial charge in [-0.05, 0) is 43.3 Å². The van der Waals surface area contributed by atoms with E-state index in [2.05, 4.69) is 10.5 Å². The fourth-order valence-corrected chi connectivity index (χ4v) is 3.83. The van der Waals surface area contributed by atoms with Gasteiger partial charge >= 0.3 is 0 Å². The number of hydrogen-bond acceptors (Lipinski definition) is 6. The highest BCUT2D eigenvalue weighted by Gasteiger charge is 2.21. The van der Waals surface area contributed by atoms with Gasteiger partial charge in [-0.1, -0.05) is 23.2 Å². The summed E-state index contributed by atoms with van der Waals surface area (Å²) in [4.78, 5) is 12.4. The number of sulfonamides is 1. The summed E-state index contributed by atoms with van der Waals surface area (Å²) in [5.74, 6) is 0.623. The van der Waals surface area contributed by atoms with E-state index >= 15 is 0 Å². The van der Waals surface area contributed by atoms with Crippen LogP contribution in [-0.2, 0) is 14.8 Å². The number of carbonyl (C=O) groups is 1. The van der Waals surface area contributed by atoms with Crippen molar-refractivity contribution in [2.75, 3.05) is 30.3 Å². The molecule has 0 saturated heterocycles. The van der Waals surface area contributed by atoms with Crippen LogP contribution in [0.5, 0.6) is 11.5 Å². The molecule has 1 aliphatic rings. The number of carbonyl (C=O) groups excluding carboxylic acids is 1. The first-order valence-electron chi connectivity index (χ1n) is 8.81. The van der Waals surface area contributed by atoms with Crippen molar-refractivity contribution < 1.29 is 22.7 Å². The average molecular weight is 472 g/mol. The second-order valence-corrected chi connectivity index (χ2v) is 9.18. The minimum atomic E-state index is -3.75. The number of halogens is 2. The summed E-state index contributed by atoms with van der Waals surface area (Å²) in [6.07, 6.45) is 0.993. The number of nitrogens with one attached hydrogen (secondary N) is 1. The van der Waals surface area contributed by atoms with Gasteiger partial charge in [-0.15, -0.1) is 0 Å². The number of fused-ring (bicyclic) bond motifs is 1. The topological polar surface area (TPSA) is 97.3 Å². The number of amides is 1. The zero-order valence-corrected chi connectivity index (χ0v) is 18.5. The molecular formula is C19H19Cl2N3O5S. The fraction of sp³-hybridized carbons (Fsp3) is 0.263. The van der Waals surface area contributed by atoms with Crippen molar-refractivity contribution in [2.24, 2.45) is 5.10 Å². The molecule has 0 atom stereocenters. The molecule has 0 saturated carbocycles. The highest BCUT2D eigenvalue weighted by Crippen LogP contribution is 2.31. The minimum absolute atomic E-state index is 0.177. The molecule has 2 aromatic rings. The Bertz CT molecular complexity index is 1110. The number of hydrogen-bond donors (Lipinski definition) is 1. The van der Waals surface area contributed by atoms with Crippen molar-refractivity contribution in [3.63, 3.8) is 0 Å². The van der Waals surface area contributed by atoms with Crippen molar-refractivity contribution in [2.45, 2.75) is 6.92 Å². The zero-order valence-electron chi connectivity index (χ0n) is 16.2. The Balaban J connectivity index is 1.73. The van der Waals surface area contributed by atoms with Gasteiger partial charge in [-0.2, -0.15) is 5.10 Å². The highest BCUT2D eigenvalue weighted by molar-refractivity contribution is 7.92. The molecule has 0 spiro atoms. The minimum Gasteiger partial charge on any atom is -0.486 e. The van der Waals surface area contributed by atoms with E-state index in [-0.39, 0.29) is 15.7 Å². The van der Waals surface area contributed by atoms with Crippen LogP contribution in [0, 0.1) is 0 Å². The van der Waals surface area contributed by atoms with Crippen molar-refractivity contribution in [1.29, 1.82) is 0 Å². The van der Waals surface area contributed by atoms with Crippen LogP contribution in [0.3, 0.4) is 0 Å². The van der Waals surface area contributed by atoms with E-state index < -0.39 is 22.5 Å². The maximum atomic E-state index is 12.4. The van der Waals surface area contributed by atoms with Gasteiger partial charge in [-0.3, -0.25) is 9.10 Å². The molecule has 30 heavy (non-hydrogen) atoms. The van der Waals surface area contributed by atoms with E-state index in [4.69, 9.17) is 32.7 Å². The lowest BCUT2D eigenvalue weighted by molar-refractivity contribution is -0.119.